The molecule has 0 unspecified atom stereocenters. The fraction of sp³-hybridized carbons (Fsp3) is 0.312. The third kappa shape index (κ3) is 6.39. The van der Waals surface area contributed by atoms with Crippen LogP contribution >= 0.6 is 0 Å². The summed E-state index contributed by atoms with van der Waals surface area (Å²) >= 11 is 0. The molecule has 1 aromatic carbocycles. The molecular weight excluding hydrogens is 312 g/mol. The number of amides is 2. The van der Waals surface area contributed by atoms with Gasteiger partial charge in [0.1, 0.15) is 5.75 Å². The first-order valence-electron chi connectivity index (χ1n) is 7.61. The second-order valence-electron chi connectivity index (χ2n) is 5.11. The molecule has 0 aliphatic rings. The molecule has 1 heterocycles. The number of carboxylic acid groups (broad SMARTS) is 1. The summed E-state index contributed by atoms with van der Waals surface area (Å²) in [5.74, 6) is 0.706. The number of carbonyl (C=O) groups is 2. The van der Waals surface area contributed by atoms with Gasteiger partial charge >= 0.3 is 6.09 Å². The molecule has 4 N–H and O–H groups in total. The number of aryl methyl sites for hydroxylation is 1. The fourth-order valence-corrected chi connectivity index (χ4v) is 2.05. The van der Waals surface area contributed by atoms with E-state index < -0.39 is 6.09 Å². The van der Waals surface area contributed by atoms with Crippen LogP contribution in [0.25, 0.3) is 0 Å². The maximum Gasteiger partial charge on any atom is 0.404 e. The quantitative estimate of drug-likeness (QED) is 0.524. The summed E-state index contributed by atoms with van der Waals surface area (Å²) in [4.78, 5) is 28.6. The van der Waals surface area contributed by atoms with Crippen molar-refractivity contribution in [2.45, 2.75) is 19.3 Å². The zero-order valence-corrected chi connectivity index (χ0v) is 13.1. The van der Waals surface area contributed by atoms with E-state index in [1.54, 1.807) is 12.4 Å². The van der Waals surface area contributed by atoms with Crippen LogP contribution in [0.2, 0.25) is 0 Å². The number of ether oxygens (including phenoxy) is 1. The number of anilines is 1. The number of imidazole rings is 1. The summed E-state index contributed by atoms with van der Waals surface area (Å²) in [5, 5.41) is 13.4. The number of hydrogen-bond donors (Lipinski definition) is 4. The topological polar surface area (TPSA) is 116 Å². The number of benzene rings is 1. The lowest BCUT2D eigenvalue weighted by molar-refractivity contribution is -0.118. The molecule has 128 valence electrons. The summed E-state index contributed by atoms with van der Waals surface area (Å²) in [6.07, 6.45) is 4.72. The SMILES string of the molecule is O=C(O)NCCCCc1ccc(OCC(=O)Nc2ncc[nH]2)cc1. The summed E-state index contributed by atoms with van der Waals surface area (Å²) in [7, 11) is 0. The van der Waals surface area contributed by atoms with Crippen LogP contribution in [0.15, 0.2) is 36.7 Å². The molecule has 1 aromatic heterocycles. The van der Waals surface area contributed by atoms with Crippen molar-refractivity contribution in [2.24, 2.45) is 0 Å². The monoisotopic (exact) mass is 332 g/mol. The second-order valence-corrected chi connectivity index (χ2v) is 5.11. The molecule has 0 saturated heterocycles. The van der Waals surface area contributed by atoms with Crippen LogP contribution in [0.4, 0.5) is 10.7 Å². The van der Waals surface area contributed by atoms with Crippen LogP contribution in [-0.4, -0.2) is 40.2 Å². The zero-order chi connectivity index (χ0) is 17.2. The van der Waals surface area contributed by atoms with Gasteiger partial charge < -0.3 is 20.1 Å². The molecule has 24 heavy (non-hydrogen) atoms. The van der Waals surface area contributed by atoms with Gasteiger partial charge in [-0.05, 0) is 37.0 Å². The highest BCUT2D eigenvalue weighted by atomic mass is 16.5. The Morgan fingerprint density at radius 3 is 2.67 bits per heavy atom. The Balaban J connectivity index is 1.66. The van der Waals surface area contributed by atoms with Crippen LogP contribution in [0.5, 0.6) is 5.75 Å². The van der Waals surface area contributed by atoms with Crippen molar-refractivity contribution in [3.8, 4) is 5.75 Å². The Labute approximate surface area is 139 Å². The van der Waals surface area contributed by atoms with Gasteiger partial charge in [-0.1, -0.05) is 12.1 Å². The second kappa shape index (κ2) is 9.19. The van der Waals surface area contributed by atoms with Crippen LogP contribution in [0.1, 0.15) is 18.4 Å². The fourth-order valence-electron chi connectivity index (χ4n) is 2.05. The van der Waals surface area contributed by atoms with Gasteiger partial charge in [0.25, 0.3) is 5.91 Å². The van der Waals surface area contributed by atoms with E-state index in [0.29, 0.717) is 18.2 Å². The van der Waals surface area contributed by atoms with Gasteiger partial charge in [0.2, 0.25) is 5.95 Å². The smallest absolute Gasteiger partial charge is 0.404 e. The van der Waals surface area contributed by atoms with Gasteiger partial charge in [0, 0.05) is 18.9 Å². The third-order valence-electron chi connectivity index (χ3n) is 3.22. The van der Waals surface area contributed by atoms with Crippen molar-refractivity contribution in [2.75, 3.05) is 18.5 Å². The number of H-pyrrole nitrogens is 1. The van der Waals surface area contributed by atoms with Crippen LogP contribution in [-0.2, 0) is 11.2 Å². The Kier molecular flexibility index (Phi) is 6.63. The van der Waals surface area contributed by atoms with Gasteiger partial charge in [0.05, 0.1) is 0 Å². The summed E-state index contributed by atoms with van der Waals surface area (Å²) in [6, 6.07) is 7.49. The van der Waals surface area contributed by atoms with Crippen molar-refractivity contribution in [3.63, 3.8) is 0 Å². The summed E-state index contributed by atoms with van der Waals surface area (Å²) in [6.45, 7) is 0.363. The summed E-state index contributed by atoms with van der Waals surface area (Å²) in [5.41, 5.74) is 1.14. The molecule has 0 spiro atoms. The predicted octanol–water partition coefficient (Wildman–Crippen LogP) is 2.02. The van der Waals surface area contributed by atoms with Crippen LogP contribution in [0, 0.1) is 0 Å². The summed E-state index contributed by atoms with van der Waals surface area (Å²) < 4.78 is 5.41. The van der Waals surface area contributed by atoms with Crippen molar-refractivity contribution >= 4 is 17.9 Å². The molecule has 8 heteroatoms. The number of carbonyl (C=O) groups excluding carboxylic acids is 1. The van der Waals surface area contributed by atoms with Crippen LogP contribution < -0.4 is 15.4 Å². The molecule has 2 aromatic rings. The number of hydrogen-bond acceptors (Lipinski definition) is 4. The molecule has 0 saturated carbocycles. The van der Waals surface area contributed by atoms with E-state index in [2.05, 4.69) is 20.6 Å². The first kappa shape index (κ1) is 17.3. The maximum absolute atomic E-state index is 11.7. The van der Waals surface area contributed by atoms with Gasteiger partial charge in [-0.2, -0.15) is 0 Å². The molecule has 0 radical (unpaired) electrons. The van der Waals surface area contributed by atoms with E-state index in [1.165, 1.54) is 0 Å². The van der Waals surface area contributed by atoms with Gasteiger partial charge in [-0.3, -0.25) is 10.1 Å². The lowest BCUT2D eigenvalue weighted by Crippen LogP contribution is -2.21. The van der Waals surface area contributed by atoms with E-state index in [0.717, 1.165) is 24.8 Å². The van der Waals surface area contributed by atoms with Crippen molar-refractivity contribution in [3.05, 3.63) is 42.2 Å². The highest BCUT2D eigenvalue weighted by Gasteiger charge is 2.05. The van der Waals surface area contributed by atoms with Gasteiger partial charge in [0.15, 0.2) is 6.61 Å². The minimum Gasteiger partial charge on any atom is -0.484 e. The first-order valence-corrected chi connectivity index (χ1v) is 7.61. The maximum atomic E-state index is 11.7. The lowest BCUT2D eigenvalue weighted by Gasteiger charge is -2.07. The van der Waals surface area contributed by atoms with E-state index >= 15 is 0 Å². The molecule has 0 aliphatic heterocycles. The highest BCUT2D eigenvalue weighted by molar-refractivity contribution is 5.90. The lowest BCUT2D eigenvalue weighted by atomic mass is 10.1. The minimum atomic E-state index is -0.993. The van der Waals surface area contributed by atoms with E-state index in [4.69, 9.17) is 9.84 Å². The number of unbranched alkanes of at least 4 members (excludes halogenated alkanes) is 1. The van der Waals surface area contributed by atoms with E-state index in [9.17, 15) is 9.59 Å². The molecular formula is C16H20N4O4. The van der Waals surface area contributed by atoms with E-state index in [-0.39, 0.29) is 12.5 Å². The van der Waals surface area contributed by atoms with E-state index in [1.807, 2.05) is 24.3 Å². The van der Waals surface area contributed by atoms with Crippen LogP contribution in [0.3, 0.4) is 0 Å². The molecule has 0 aliphatic carbocycles. The first-order chi connectivity index (χ1) is 11.6. The Hall–Kier alpha value is -3.03. The molecule has 8 nitrogen and oxygen atoms in total. The van der Waals surface area contributed by atoms with Crippen molar-refractivity contribution in [1.29, 1.82) is 0 Å². The standard InChI is InChI=1S/C16H20N4O4/c21-14(20-15-17-9-10-18-15)11-24-13-6-4-12(5-7-13)3-1-2-8-19-16(22)23/h4-7,9-10,19H,1-3,8,11H2,(H,22,23)(H2,17,18,20,21). The predicted molar refractivity (Wildman–Crippen MR) is 88.1 cm³/mol. The number of nitrogens with one attached hydrogen (secondary N) is 3. The molecule has 2 rings (SSSR count). The van der Waals surface area contributed by atoms with Crippen molar-refractivity contribution < 1.29 is 19.4 Å². The normalized spacial score (nSPS) is 10.2. The number of aromatic nitrogens is 2. The highest BCUT2D eigenvalue weighted by Crippen LogP contribution is 2.14. The molecule has 0 atom stereocenters. The molecule has 2 amide bonds. The Morgan fingerprint density at radius 1 is 1.21 bits per heavy atom. The average Bonchev–Trinajstić information content (AvgIpc) is 3.06. The van der Waals surface area contributed by atoms with Gasteiger partial charge in [-0.25, -0.2) is 9.78 Å². The molecule has 0 bridgehead atoms. The Bertz CT molecular complexity index is 641. The van der Waals surface area contributed by atoms with Gasteiger partial charge in [-0.15, -0.1) is 0 Å². The molecule has 0 fully saturated rings. The number of aromatic amines is 1. The third-order valence-corrected chi connectivity index (χ3v) is 3.22. The minimum absolute atomic E-state index is 0.0963. The zero-order valence-electron chi connectivity index (χ0n) is 13.1. The van der Waals surface area contributed by atoms with Crippen molar-refractivity contribution in [1.82, 2.24) is 15.3 Å². The Morgan fingerprint density at radius 2 is 2.00 bits per heavy atom. The number of nitrogens with zero attached hydrogens (tertiary/aromatic N) is 1. The average molecular weight is 332 g/mol. The number of rotatable bonds is 9. The largest absolute Gasteiger partial charge is 0.484 e.